The predicted octanol–water partition coefficient (Wildman–Crippen LogP) is 1.99. The van der Waals surface area contributed by atoms with E-state index in [2.05, 4.69) is 6.92 Å². The van der Waals surface area contributed by atoms with Crippen LogP contribution in [0.1, 0.15) is 12.0 Å². The second kappa shape index (κ2) is 3.92. The van der Waals surface area contributed by atoms with Gasteiger partial charge in [0.2, 0.25) is 0 Å². The van der Waals surface area contributed by atoms with Crippen molar-refractivity contribution in [1.82, 2.24) is 0 Å². The molecule has 1 aromatic rings. The second-order valence-electron chi connectivity index (χ2n) is 2.99. The van der Waals surface area contributed by atoms with Crippen LogP contribution in [0.2, 0.25) is 0 Å². The number of benzene rings is 1. The van der Waals surface area contributed by atoms with Crippen molar-refractivity contribution in [2.24, 2.45) is 0 Å². The van der Waals surface area contributed by atoms with Crippen molar-refractivity contribution in [1.29, 1.82) is 0 Å². The Morgan fingerprint density at radius 2 is 1.77 bits per heavy atom. The molecular weight excluding hydrogens is 184 g/mol. The van der Waals surface area contributed by atoms with Crippen molar-refractivity contribution in [3.05, 3.63) is 36.8 Å². The molecule has 0 N–H and O–H groups in total. The van der Waals surface area contributed by atoms with Gasteiger partial charge in [0.05, 0.1) is 10.6 Å². The van der Waals surface area contributed by atoms with Crippen molar-refractivity contribution in [3.63, 3.8) is 0 Å². The lowest BCUT2D eigenvalue weighted by molar-refractivity contribution is 0.595. The first-order chi connectivity index (χ1) is 6.06. The van der Waals surface area contributed by atoms with Gasteiger partial charge in [0.1, 0.15) is 0 Å². The standard InChI is InChI=1S/C10H13O2S/c1-3-8-13(11,12)10-6-4-9(2)5-7-10/h4-7H,1,3,8H2,2H3. The molecule has 0 aliphatic carbocycles. The maximum atomic E-state index is 11.5. The van der Waals surface area contributed by atoms with E-state index in [0.29, 0.717) is 11.3 Å². The van der Waals surface area contributed by atoms with Crippen molar-refractivity contribution >= 4 is 9.84 Å². The number of aryl methyl sites for hydroxylation is 1. The van der Waals surface area contributed by atoms with Crippen molar-refractivity contribution in [2.75, 3.05) is 5.75 Å². The third-order valence-electron chi connectivity index (χ3n) is 1.79. The van der Waals surface area contributed by atoms with Gasteiger partial charge >= 0.3 is 0 Å². The molecule has 0 heterocycles. The number of sulfone groups is 1. The van der Waals surface area contributed by atoms with E-state index in [0.717, 1.165) is 5.56 Å². The lowest BCUT2D eigenvalue weighted by atomic mass is 10.2. The molecule has 0 bridgehead atoms. The first-order valence-electron chi connectivity index (χ1n) is 4.15. The summed E-state index contributed by atoms with van der Waals surface area (Å²) in [6, 6.07) is 6.88. The van der Waals surface area contributed by atoms with E-state index in [4.69, 9.17) is 0 Å². The topological polar surface area (TPSA) is 34.1 Å². The van der Waals surface area contributed by atoms with Crippen molar-refractivity contribution in [3.8, 4) is 0 Å². The lowest BCUT2D eigenvalue weighted by Crippen LogP contribution is -2.05. The fourth-order valence-electron chi connectivity index (χ4n) is 1.05. The summed E-state index contributed by atoms with van der Waals surface area (Å²) in [6.45, 7) is 5.46. The zero-order valence-corrected chi connectivity index (χ0v) is 8.47. The Kier molecular flexibility index (Phi) is 3.09. The highest BCUT2D eigenvalue weighted by atomic mass is 32.2. The lowest BCUT2D eigenvalue weighted by Gasteiger charge is -2.02. The summed E-state index contributed by atoms with van der Waals surface area (Å²) < 4.78 is 23.0. The monoisotopic (exact) mass is 197 g/mol. The molecule has 0 unspecified atom stereocenters. The van der Waals surface area contributed by atoms with Gasteiger partial charge in [-0.1, -0.05) is 24.6 Å². The number of hydrogen-bond donors (Lipinski definition) is 0. The normalized spacial score (nSPS) is 11.5. The molecule has 0 spiro atoms. The molecule has 0 aromatic heterocycles. The summed E-state index contributed by atoms with van der Waals surface area (Å²) in [6.07, 6.45) is 0.413. The summed E-state index contributed by atoms with van der Waals surface area (Å²) >= 11 is 0. The van der Waals surface area contributed by atoms with Crippen LogP contribution in [0.3, 0.4) is 0 Å². The van der Waals surface area contributed by atoms with E-state index in [1.165, 1.54) is 0 Å². The van der Waals surface area contributed by atoms with Crippen LogP contribution in [0.15, 0.2) is 29.2 Å². The van der Waals surface area contributed by atoms with E-state index in [9.17, 15) is 8.42 Å². The fraction of sp³-hybridized carbons (Fsp3) is 0.300. The van der Waals surface area contributed by atoms with E-state index in [1.54, 1.807) is 24.3 Å². The minimum Gasteiger partial charge on any atom is -0.224 e. The van der Waals surface area contributed by atoms with Gasteiger partial charge in [0.25, 0.3) is 0 Å². The van der Waals surface area contributed by atoms with Crippen LogP contribution in [0, 0.1) is 13.8 Å². The van der Waals surface area contributed by atoms with Gasteiger partial charge in [-0.15, -0.1) is 0 Å². The third kappa shape index (κ3) is 2.56. The van der Waals surface area contributed by atoms with Gasteiger partial charge in [-0.05, 0) is 25.5 Å². The van der Waals surface area contributed by atoms with E-state index < -0.39 is 9.84 Å². The van der Waals surface area contributed by atoms with Crippen LogP contribution in [0.4, 0.5) is 0 Å². The predicted molar refractivity (Wildman–Crippen MR) is 53.2 cm³/mol. The molecular formula is C10H13O2S. The van der Waals surface area contributed by atoms with Crippen molar-refractivity contribution in [2.45, 2.75) is 18.2 Å². The highest BCUT2D eigenvalue weighted by Crippen LogP contribution is 2.12. The molecule has 0 saturated carbocycles. The maximum absolute atomic E-state index is 11.5. The SMILES string of the molecule is [CH2]CCS(=O)(=O)c1ccc(C)cc1. The molecule has 0 fully saturated rings. The molecule has 0 atom stereocenters. The molecule has 1 rings (SSSR count). The van der Waals surface area contributed by atoms with Crippen LogP contribution < -0.4 is 0 Å². The Labute approximate surface area is 79.5 Å². The third-order valence-corrected chi connectivity index (χ3v) is 3.61. The van der Waals surface area contributed by atoms with Crippen LogP contribution >= 0.6 is 0 Å². The summed E-state index contributed by atoms with van der Waals surface area (Å²) in [4.78, 5) is 0.391. The van der Waals surface area contributed by atoms with Gasteiger partial charge in [0.15, 0.2) is 9.84 Å². The minimum atomic E-state index is -3.09. The van der Waals surface area contributed by atoms with Gasteiger partial charge in [0, 0.05) is 0 Å². The average Bonchev–Trinajstić information content (AvgIpc) is 2.05. The van der Waals surface area contributed by atoms with Crippen LogP contribution in [-0.4, -0.2) is 14.2 Å². The number of rotatable bonds is 3. The van der Waals surface area contributed by atoms with Gasteiger partial charge in [-0.2, -0.15) is 0 Å². The first-order valence-corrected chi connectivity index (χ1v) is 5.80. The Morgan fingerprint density at radius 3 is 2.23 bits per heavy atom. The Hall–Kier alpha value is -0.830. The zero-order valence-electron chi connectivity index (χ0n) is 7.66. The van der Waals surface area contributed by atoms with Crippen LogP contribution in [0.25, 0.3) is 0 Å². The maximum Gasteiger partial charge on any atom is 0.178 e. The number of hydrogen-bond acceptors (Lipinski definition) is 2. The summed E-state index contributed by atoms with van der Waals surface area (Å²) in [5, 5.41) is 0. The Morgan fingerprint density at radius 1 is 1.23 bits per heavy atom. The van der Waals surface area contributed by atoms with Gasteiger partial charge < -0.3 is 0 Å². The second-order valence-corrected chi connectivity index (χ2v) is 5.09. The highest BCUT2D eigenvalue weighted by molar-refractivity contribution is 7.91. The zero-order chi connectivity index (χ0) is 9.90. The molecule has 71 valence electrons. The molecule has 1 radical (unpaired) electrons. The van der Waals surface area contributed by atoms with E-state index in [1.807, 2.05) is 6.92 Å². The molecule has 13 heavy (non-hydrogen) atoms. The minimum absolute atomic E-state index is 0.121. The van der Waals surface area contributed by atoms with Crippen LogP contribution in [0.5, 0.6) is 0 Å². The van der Waals surface area contributed by atoms with E-state index in [-0.39, 0.29) is 5.75 Å². The summed E-state index contributed by atoms with van der Waals surface area (Å²) in [7, 11) is -3.09. The Bertz CT molecular complexity index is 362. The quantitative estimate of drug-likeness (QED) is 0.742. The Balaban J connectivity index is 3.02. The first kappa shape index (κ1) is 10.3. The van der Waals surface area contributed by atoms with Gasteiger partial charge in [-0.25, -0.2) is 8.42 Å². The molecule has 0 saturated heterocycles. The molecule has 0 amide bonds. The van der Waals surface area contributed by atoms with Crippen molar-refractivity contribution < 1.29 is 8.42 Å². The highest BCUT2D eigenvalue weighted by Gasteiger charge is 2.11. The molecule has 3 heteroatoms. The summed E-state index contributed by atoms with van der Waals surface area (Å²) in [5.41, 5.74) is 1.06. The smallest absolute Gasteiger partial charge is 0.178 e. The fourth-order valence-corrected chi connectivity index (χ4v) is 2.22. The van der Waals surface area contributed by atoms with Crippen LogP contribution in [-0.2, 0) is 9.84 Å². The molecule has 0 aliphatic heterocycles. The summed E-state index contributed by atoms with van der Waals surface area (Å²) in [5.74, 6) is 0.121. The average molecular weight is 197 g/mol. The molecule has 0 aliphatic rings. The van der Waals surface area contributed by atoms with Gasteiger partial charge in [-0.3, -0.25) is 0 Å². The molecule has 1 aromatic carbocycles. The largest absolute Gasteiger partial charge is 0.224 e. The van der Waals surface area contributed by atoms with E-state index >= 15 is 0 Å². The molecule has 2 nitrogen and oxygen atoms in total.